The van der Waals surface area contributed by atoms with Gasteiger partial charge < -0.3 is 10.3 Å². The lowest BCUT2D eigenvalue weighted by atomic mass is 10.0. The Bertz CT molecular complexity index is 670. The molecule has 0 aliphatic carbocycles. The van der Waals surface area contributed by atoms with E-state index in [-0.39, 0.29) is 0 Å². The van der Waals surface area contributed by atoms with Gasteiger partial charge >= 0.3 is 0 Å². The molecule has 90 valence electrons. The summed E-state index contributed by atoms with van der Waals surface area (Å²) in [5, 5.41) is 6.23. The molecule has 0 saturated carbocycles. The van der Waals surface area contributed by atoms with E-state index in [0.29, 0.717) is 24.7 Å². The summed E-state index contributed by atoms with van der Waals surface area (Å²) in [6.07, 6.45) is 0.633. The van der Waals surface area contributed by atoms with Crippen LogP contribution < -0.4 is 5.73 Å². The minimum atomic E-state index is 0.305. The second-order valence-electron chi connectivity index (χ2n) is 4.12. The monoisotopic (exact) mass is 239 g/mol. The summed E-state index contributed by atoms with van der Waals surface area (Å²) in [6.45, 7) is 0.305. The van der Waals surface area contributed by atoms with Gasteiger partial charge in [-0.25, -0.2) is 0 Å². The maximum atomic E-state index is 5.46. The number of hydrogen-bond donors (Lipinski definition) is 1. The molecule has 4 nitrogen and oxygen atoms in total. The minimum Gasteiger partial charge on any atom is -0.339 e. The fraction of sp³-hybridized carbons (Fsp3) is 0.143. The lowest BCUT2D eigenvalue weighted by Gasteiger charge is -2.03. The Morgan fingerprint density at radius 1 is 1.06 bits per heavy atom. The minimum absolute atomic E-state index is 0.305. The van der Waals surface area contributed by atoms with E-state index in [1.807, 2.05) is 18.2 Å². The molecule has 2 aromatic carbocycles. The molecule has 3 aromatic rings. The van der Waals surface area contributed by atoms with Gasteiger partial charge in [0, 0.05) is 0 Å². The zero-order valence-corrected chi connectivity index (χ0v) is 9.84. The van der Waals surface area contributed by atoms with Crippen molar-refractivity contribution in [3.05, 3.63) is 59.7 Å². The Labute approximate surface area is 104 Å². The summed E-state index contributed by atoms with van der Waals surface area (Å²) in [6, 6.07) is 14.5. The zero-order valence-electron chi connectivity index (χ0n) is 9.84. The first-order valence-corrected chi connectivity index (χ1v) is 5.85. The SMILES string of the molecule is NCc1noc(Cc2cccc3ccccc23)n1. The zero-order chi connectivity index (χ0) is 12.4. The largest absolute Gasteiger partial charge is 0.339 e. The fourth-order valence-electron chi connectivity index (χ4n) is 2.05. The molecule has 4 heteroatoms. The lowest BCUT2D eigenvalue weighted by Crippen LogP contribution is -1.98. The summed E-state index contributed by atoms with van der Waals surface area (Å²) in [5.74, 6) is 1.15. The maximum Gasteiger partial charge on any atom is 0.231 e. The molecule has 0 bridgehead atoms. The highest BCUT2D eigenvalue weighted by Gasteiger charge is 2.08. The van der Waals surface area contributed by atoms with Crippen LogP contribution in [0.25, 0.3) is 10.8 Å². The van der Waals surface area contributed by atoms with E-state index in [9.17, 15) is 0 Å². The summed E-state index contributed by atoms with van der Waals surface area (Å²) in [7, 11) is 0. The number of nitrogens with two attached hydrogens (primary N) is 1. The molecular weight excluding hydrogens is 226 g/mol. The third-order valence-electron chi connectivity index (χ3n) is 2.91. The van der Waals surface area contributed by atoms with Crippen LogP contribution in [0.3, 0.4) is 0 Å². The fourth-order valence-corrected chi connectivity index (χ4v) is 2.05. The average Bonchev–Trinajstić information content (AvgIpc) is 2.87. The van der Waals surface area contributed by atoms with E-state index in [0.717, 1.165) is 0 Å². The highest BCUT2D eigenvalue weighted by molar-refractivity contribution is 5.85. The van der Waals surface area contributed by atoms with Crippen LogP contribution in [-0.2, 0) is 13.0 Å². The van der Waals surface area contributed by atoms with Crippen molar-refractivity contribution in [2.45, 2.75) is 13.0 Å². The molecule has 0 saturated heterocycles. The van der Waals surface area contributed by atoms with Crippen LogP contribution in [0.1, 0.15) is 17.3 Å². The predicted octanol–water partition coefficient (Wildman–Crippen LogP) is 2.27. The number of rotatable bonds is 3. The van der Waals surface area contributed by atoms with Crippen molar-refractivity contribution in [2.75, 3.05) is 0 Å². The molecule has 0 fully saturated rings. The van der Waals surface area contributed by atoms with Crippen molar-refractivity contribution in [1.29, 1.82) is 0 Å². The number of benzene rings is 2. The first-order valence-electron chi connectivity index (χ1n) is 5.85. The number of aromatic nitrogens is 2. The molecule has 1 aromatic heterocycles. The van der Waals surface area contributed by atoms with Gasteiger partial charge in [0.15, 0.2) is 5.82 Å². The smallest absolute Gasteiger partial charge is 0.231 e. The van der Waals surface area contributed by atoms with Crippen molar-refractivity contribution in [3.63, 3.8) is 0 Å². The van der Waals surface area contributed by atoms with Crippen molar-refractivity contribution in [3.8, 4) is 0 Å². The Morgan fingerprint density at radius 2 is 1.89 bits per heavy atom. The quantitative estimate of drug-likeness (QED) is 0.761. The standard InChI is InChI=1S/C14H13N3O/c15-9-13-16-14(18-17-13)8-11-6-3-5-10-4-1-2-7-12(10)11/h1-7H,8-9,15H2. The molecule has 1 heterocycles. The maximum absolute atomic E-state index is 5.46. The van der Waals surface area contributed by atoms with Crippen molar-refractivity contribution >= 4 is 10.8 Å². The van der Waals surface area contributed by atoms with E-state index in [1.165, 1.54) is 16.3 Å². The predicted molar refractivity (Wildman–Crippen MR) is 68.9 cm³/mol. The van der Waals surface area contributed by atoms with Crippen molar-refractivity contribution in [1.82, 2.24) is 10.1 Å². The molecular formula is C14H13N3O. The van der Waals surface area contributed by atoms with Gasteiger partial charge in [-0.05, 0) is 16.3 Å². The van der Waals surface area contributed by atoms with E-state index in [1.54, 1.807) is 0 Å². The van der Waals surface area contributed by atoms with E-state index in [2.05, 4.69) is 34.4 Å². The molecule has 0 aliphatic rings. The van der Waals surface area contributed by atoms with E-state index in [4.69, 9.17) is 10.3 Å². The van der Waals surface area contributed by atoms with Gasteiger partial charge in [-0.3, -0.25) is 0 Å². The molecule has 0 atom stereocenters. The highest BCUT2D eigenvalue weighted by Crippen LogP contribution is 2.20. The average molecular weight is 239 g/mol. The lowest BCUT2D eigenvalue weighted by molar-refractivity contribution is 0.380. The van der Waals surface area contributed by atoms with Gasteiger partial charge in [0.2, 0.25) is 5.89 Å². The third kappa shape index (κ3) is 1.98. The van der Waals surface area contributed by atoms with Gasteiger partial charge in [-0.1, -0.05) is 47.6 Å². The molecule has 2 N–H and O–H groups in total. The molecule has 0 spiro atoms. The van der Waals surface area contributed by atoms with Crippen LogP contribution in [-0.4, -0.2) is 10.1 Å². The number of hydrogen-bond acceptors (Lipinski definition) is 4. The molecule has 0 aliphatic heterocycles. The Morgan fingerprint density at radius 3 is 2.72 bits per heavy atom. The van der Waals surface area contributed by atoms with Gasteiger partial charge in [0.1, 0.15) is 0 Å². The van der Waals surface area contributed by atoms with Crippen LogP contribution in [0.2, 0.25) is 0 Å². The number of nitrogens with zero attached hydrogens (tertiary/aromatic N) is 2. The Hall–Kier alpha value is -2.20. The van der Waals surface area contributed by atoms with E-state index < -0.39 is 0 Å². The molecule has 3 rings (SSSR count). The van der Waals surface area contributed by atoms with Crippen molar-refractivity contribution < 1.29 is 4.52 Å². The second-order valence-corrected chi connectivity index (χ2v) is 4.12. The second kappa shape index (κ2) is 4.58. The Balaban J connectivity index is 1.99. The first-order chi connectivity index (χ1) is 8.86. The van der Waals surface area contributed by atoms with Crippen molar-refractivity contribution in [2.24, 2.45) is 5.73 Å². The van der Waals surface area contributed by atoms with Crippen LogP contribution in [0.4, 0.5) is 0 Å². The molecule has 0 unspecified atom stereocenters. The topological polar surface area (TPSA) is 64.9 Å². The molecule has 0 radical (unpaired) electrons. The van der Waals surface area contributed by atoms with E-state index >= 15 is 0 Å². The van der Waals surface area contributed by atoms with Crippen LogP contribution >= 0.6 is 0 Å². The summed E-state index contributed by atoms with van der Waals surface area (Å²) >= 11 is 0. The normalized spacial score (nSPS) is 10.9. The Kier molecular flexibility index (Phi) is 2.78. The van der Waals surface area contributed by atoms with Gasteiger partial charge in [0.05, 0.1) is 13.0 Å². The number of fused-ring (bicyclic) bond motifs is 1. The van der Waals surface area contributed by atoms with Gasteiger partial charge in [-0.15, -0.1) is 0 Å². The molecule has 18 heavy (non-hydrogen) atoms. The van der Waals surface area contributed by atoms with Crippen LogP contribution in [0, 0.1) is 0 Å². The highest BCUT2D eigenvalue weighted by atomic mass is 16.5. The van der Waals surface area contributed by atoms with Gasteiger partial charge in [0.25, 0.3) is 0 Å². The summed E-state index contributed by atoms with van der Waals surface area (Å²) in [4.78, 5) is 4.23. The third-order valence-corrected chi connectivity index (χ3v) is 2.91. The first kappa shape index (κ1) is 10.9. The molecule has 0 amide bonds. The van der Waals surface area contributed by atoms with Crippen LogP contribution in [0.15, 0.2) is 47.0 Å². The van der Waals surface area contributed by atoms with Gasteiger partial charge in [-0.2, -0.15) is 4.98 Å². The van der Waals surface area contributed by atoms with Crippen LogP contribution in [0.5, 0.6) is 0 Å². The summed E-state index contributed by atoms with van der Waals surface area (Å²) < 4.78 is 5.17. The summed E-state index contributed by atoms with van der Waals surface area (Å²) in [5.41, 5.74) is 6.64.